The smallest absolute Gasteiger partial charge is 0.292 e. The van der Waals surface area contributed by atoms with Crippen LogP contribution in [-0.4, -0.2) is 25.1 Å². The Kier molecular flexibility index (Phi) is 6.25. The summed E-state index contributed by atoms with van der Waals surface area (Å²) in [4.78, 5) is 3.49. The minimum Gasteiger partial charge on any atom is -1.00 e. The van der Waals surface area contributed by atoms with Gasteiger partial charge in [-0.1, -0.05) is 48.5 Å². The van der Waals surface area contributed by atoms with E-state index in [1.807, 2.05) is 36.4 Å². The van der Waals surface area contributed by atoms with Crippen LogP contribution in [0.5, 0.6) is 0 Å². The summed E-state index contributed by atoms with van der Waals surface area (Å²) in [6.45, 7) is 1.30. The molecule has 2 aromatic rings. The Hall–Kier alpha value is -2.04. The van der Waals surface area contributed by atoms with E-state index in [0.29, 0.717) is 12.6 Å². The fourth-order valence-corrected chi connectivity index (χ4v) is 2.38. The van der Waals surface area contributed by atoms with Crippen LogP contribution < -0.4 is 28.3 Å². The summed E-state index contributed by atoms with van der Waals surface area (Å²) in [5, 5.41) is 0. The average molecular weight is 318 g/mol. The van der Waals surface area contributed by atoms with Crippen molar-refractivity contribution in [3.05, 3.63) is 66.2 Å². The van der Waals surface area contributed by atoms with Crippen molar-refractivity contribution in [2.45, 2.75) is 12.5 Å². The maximum absolute atomic E-state index is 5.65. The van der Waals surface area contributed by atoms with Crippen molar-refractivity contribution in [1.29, 1.82) is 0 Å². The van der Waals surface area contributed by atoms with Crippen LogP contribution in [0, 0.1) is 0 Å². The van der Waals surface area contributed by atoms with Gasteiger partial charge in [-0.15, -0.1) is 0 Å². The van der Waals surface area contributed by atoms with Crippen molar-refractivity contribution in [3.63, 3.8) is 0 Å². The summed E-state index contributed by atoms with van der Waals surface area (Å²) >= 11 is 0. The first-order valence-electron chi connectivity index (χ1n) is 7.21. The quantitative estimate of drug-likeness (QED) is 0.557. The van der Waals surface area contributed by atoms with Gasteiger partial charge in [0.25, 0.3) is 5.84 Å². The van der Waals surface area contributed by atoms with Crippen LogP contribution in [0.2, 0.25) is 0 Å². The van der Waals surface area contributed by atoms with E-state index in [0.717, 1.165) is 24.6 Å². The minimum absolute atomic E-state index is 0. The molecule has 1 heterocycles. The van der Waals surface area contributed by atoms with Gasteiger partial charge in [0.1, 0.15) is 12.6 Å². The third-order valence-electron chi connectivity index (χ3n) is 3.40. The average Bonchev–Trinajstić information content (AvgIpc) is 2.55. The van der Waals surface area contributed by atoms with Gasteiger partial charge in [-0.2, -0.15) is 5.43 Å². The molecule has 116 valence electrons. The summed E-state index contributed by atoms with van der Waals surface area (Å²) in [5.74, 6) is 0.964. The van der Waals surface area contributed by atoms with E-state index >= 15 is 0 Å². The largest absolute Gasteiger partial charge is 1.00 e. The molecule has 0 radical (unpaired) electrons. The number of hydrazine groups is 1. The highest BCUT2D eigenvalue weighted by Gasteiger charge is 2.20. The number of hydrogen-bond donors (Lipinski definition) is 3. The lowest BCUT2D eigenvalue weighted by molar-refractivity contribution is -0.520. The standard InChI is InChI=1S/C17H19N3O.ClH/c1-3-7-14(8-4-1)11-16-12-21-13-17(18-16)20-19-15-9-5-2-6-10-15;/h1-10,16,19H,11-13H2,(H,18,20);1H/t16-;/m0./s1. The lowest BCUT2D eigenvalue weighted by Gasteiger charge is -2.18. The number of hydrogen-bond acceptors (Lipinski definition) is 3. The second kappa shape index (κ2) is 8.41. The van der Waals surface area contributed by atoms with Crippen LogP contribution in [0.15, 0.2) is 60.7 Å². The minimum atomic E-state index is 0. The second-order valence-electron chi connectivity index (χ2n) is 5.14. The van der Waals surface area contributed by atoms with Crippen LogP contribution in [-0.2, 0) is 11.2 Å². The summed E-state index contributed by atoms with van der Waals surface area (Å²) in [5.41, 5.74) is 8.69. The van der Waals surface area contributed by atoms with Crippen molar-refractivity contribution >= 4 is 11.5 Å². The molecule has 5 heteroatoms. The number of para-hydroxylation sites is 1. The van der Waals surface area contributed by atoms with Gasteiger partial charge in [0, 0.05) is 6.42 Å². The van der Waals surface area contributed by atoms with Gasteiger partial charge in [-0.05, 0) is 17.7 Å². The van der Waals surface area contributed by atoms with Gasteiger partial charge in [0.05, 0.1) is 12.3 Å². The zero-order valence-corrected chi connectivity index (χ0v) is 13.0. The maximum Gasteiger partial charge on any atom is 0.292 e. The Morgan fingerprint density at radius 3 is 2.36 bits per heavy atom. The molecular formula is C17H20ClN3O. The van der Waals surface area contributed by atoms with E-state index in [4.69, 9.17) is 4.74 Å². The summed E-state index contributed by atoms with van der Waals surface area (Å²) in [7, 11) is 0. The molecule has 0 aromatic heterocycles. The molecule has 1 atom stereocenters. The molecule has 0 amide bonds. The Labute approximate surface area is 137 Å². The SMILES string of the molecule is [Cl-].c1ccc(C[C@H]2COCC(NNc3ccccc3)=[NH+]2)cc1. The summed E-state index contributed by atoms with van der Waals surface area (Å²) in [6, 6.07) is 20.8. The van der Waals surface area contributed by atoms with E-state index in [9.17, 15) is 0 Å². The van der Waals surface area contributed by atoms with Crippen LogP contribution in [0.3, 0.4) is 0 Å². The topological polar surface area (TPSA) is 47.3 Å². The molecule has 1 aliphatic heterocycles. The molecule has 2 aromatic carbocycles. The molecule has 0 spiro atoms. The molecule has 0 unspecified atom stereocenters. The first-order valence-corrected chi connectivity index (χ1v) is 7.21. The number of nitrogens with one attached hydrogen (secondary N) is 3. The molecule has 4 nitrogen and oxygen atoms in total. The number of amidine groups is 1. The zero-order valence-electron chi connectivity index (χ0n) is 12.3. The molecule has 0 saturated heterocycles. The van der Waals surface area contributed by atoms with Gasteiger partial charge in [-0.25, -0.2) is 5.43 Å². The molecule has 22 heavy (non-hydrogen) atoms. The maximum atomic E-state index is 5.65. The normalized spacial score (nSPS) is 17.1. The molecule has 0 saturated carbocycles. The van der Waals surface area contributed by atoms with Crippen LogP contribution in [0.1, 0.15) is 5.56 Å². The molecule has 0 bridgehead atoms. The third-order valence-corrected chi connectivity index (χ3v) is 3.40. The number of ether oxygens (including phenoxy) is 1. The first kappa shape index (κ1) is 16.3. The van der Waals surface area contributed by atoms with Crippen molar-refractivity contribution in [2.24, 2.45) is 0 Å². The molecule has 0 aliphatic carbocycles. The predicted molar refractivity (Wildman–Crippen MR) is 83.9 cm³/mol. The molecular weight excluding hydrogens is 298 g/mol. The fraction of sp³-hybridized carbons (Fsp3) is 0.235. The first-order chi connectivity index (χ1) is 10.4. The molecule has 1 aliphatic rings. The Bertz CT molecular complexity index is 589. The summed E-state index contributed by atoms with van der Waals surface area (Å²) in [6.07, 6.45) is 0.956. The third kappa shape index (κ3) is 4.76. The van der Waals surface area contributed by atoms with Crippen LogP contribution in [0.25, 0.3) is 0 Å². The Balaban J connectivity index is 0.00000176. The van der Waals surface area contributed by atoms with Crippen molar-refractivity contribution in [3.8, 4) is 0 Å². The number of halogens is 1. The Morgan fingerprint density at radius 1 is 0.955 bits per heavy atom. The monoisotopic (exact) mass is 317 g/mol. The number of benzene rings is 2. The molecule has 3 N–H and O–H groups in total. The molecule has 0 fully saturated rings. The highest BCUT2D eigenvalue weighted by molar-refractivity contribution is 5.79. The lowest BCUT2D eigenvalue weighted by atomic mass is 10.1. The number of anilines is 1. The summed E-state index contributed by atoms with van der Waals surface area (Å²) < 4.78 is 5.65. The van der Waals surface area contributed by atoms with E-state index < -0.39 is 0 Å². The van der Waals surface area contributed by atoms with Gasteiger partial charge < -0.3 is 17.1 Å². The highest BCUT2D eigenvalue weighted by atomic mass is 35.5. The van der Waals surface area contributed by atoms with Crippen molar-refractivity contribution in [2.75, 3.05) is 18.6 Å². The molecule has 3 rings (SSSR count). The van der Waals surface area contributed by atoms with Gasteiger partial charge >= 0.3 is 0 Å². The highest BCUT2D eigenvalue weighted by Crippen LogP contribution is 2.03. The zero-order chi connectivity index (χ0) is 14.3. The Morgan fingerprint density at radius 2 is 1.64 bits per heavy atom. The fourth-order valence-electron chi connectivity index (χ4n) is 2.38. The van der Waals surface area contributed by atoms with Gasteiger partial charge in [0.15, 0.2) is 0 Å². The van der Waals surface area contributed by atoms with E-state index in [1.54, 1.807) is 0 Å². The van der Waals surface area contributed by atoms with E-state index in [-0.39, 0.29) is 12.4 Å². The number of rotatable bonds is 4. The van der Waals surface area contributed by atoms with E-state index in [2.05, 4.69) is 40.1 Å². The lowest BCUT2D eigenvalue weighted by Crippen LogP contribution is -3.00. The van der Waals surface area contributed by atoms with Crippen LogP contribution in [0.4, 0.5) is 5.69 Å². The van der Waals surface area contributed by atoms with Gasteiger partial charge in [-0.3, -0.25) is 4.99 Å². The van der Waals surface area contributed by atoms with Crippen LogP contribution >= 0.6 is 0 Å². The predicted octanol–water partition coefficient (Wildman–Crippen LogP) is -2.27. The van der Waals surface area contributed by atoms with Gasteiger partial charge in [0.2, 0.25) is 0 Å². The van der Waals surface area contributed by atoms with Crippen molar-refractivity contribution in [1.82, 2.24) is 5.43 Å². The van der Waals surface area contributed by atoms with E-state index in [1.165, 1.54) is 5.56 Å². The second-order valence-corrected chi connectivity index (χ2v) is 5.14. The van der Waals surface area contributed by atoms with Crippen molar-refractivity contribution < 1.29 is 22.1 Å².